The standard InChI is InChI=1S/C42H54N3O6P/c1-29(2)39-36(28-48-52(47,50-41(4,5)6)51-42(7,8)9)38(40(46)43-25-24-34-26-44-37-13-11-10-12-35(34)37)45(49-39)27-33-22-20-32(21-23-33)19-18-31-16-14-30(3)15-17-31/h10-17,20-23,26,29,36,38-39,44H,24-25,27-28H2,1-9H3,(H,43,46)/t36-,38-,39?/m0/s1. The molecule has 1 saturated heterocycles. The molecule has 4 aromatic rings. The van der Waals surface area contributed by atoms with Crippen molar-refractivity contribution in [3.05, 3.63) is 107 Å². The Bertz CT molecular complexity index is 1890. The molecule has 0 radical (unpaired) electrons. The Morgan fingerprint density at radius 1 is 0.923 bits per heavy atom. The molecule has 278 valence electrons. The molecule has 2 heterocycles. The molecule has 1 aromatic heterocycles. The van der Waals surface area contributed by atoms with E-state index < -0.39 is 37.1 Å². The maximum atomic E-state index is 14.2. The summed E-state index contributed by atoms with van der Waals surface area (Å²) < 4.78 is 32.1. The fourth-order valence-corrected chi connectivity index (χ4v) is 8.13. The van der Waals surface area contributed by atoms with Crippen molar-refractivity contribution >= 4 is 24.6 Å². The van der Waals surface area contributed by atoms with E-state index in [1.54, 1.807) is 46.6 Å². The van der Waals surface area contributed by atoms with Crippen LogP contribution in [-0.4, -0.2) is 52.5 Å². The van der Waals surface area contributed by atoms with Gasteiger partial charge in [-0.05, 0) is 102 Å². The number of hydroxylamine groups is 2. The molecule has 3 aromatic carbocycles. The highest BCUT2D eigenvalue weighted by Crippen LogP contribution is 2.56. The van der Waals surface area contributed by atoms with Crippen molar-refractivity contribution < 1.29 is 27.8 Å². The lowest BCUT2D eigenvalue weighted by Gasteiger charge is -2.32. The molecular weight excluding hydrogens is 673 g/mol. The molecule has 0 spiro atoms. The second-order valence-electron chi connectivity index (χ2n) is 15.9. The van der Waals surface area contributed by atoms with Crippen LogP contribution in [0.4, 0.5) is 0 Å². The van der Waals surface area contributed by atoms with Crippen LogP contribution in [-0.2, 0) is 40.7 Å². The van der Waals surface area contributed by atoms with Crippen LogP contribution in [0.1, 0.15) is 83.2 Å². The van der Waals surface area contributed by atoms with Gasteiger partial charge in [-0.2, -0.15) is 5.06 Å². The van der Waals surface area contributed by atoms with Crippen LogP contribution in [0.25, 0.3) is 10.9 Å². The number of aromatic amines is 1. The van der Waals surface area contributed by atoms with Crippen molar-refractivity contribution in [3.63, 3.8) is 0 Å². The maximum absolute atomic E-state index is 14.2. The van der Waals surface area contributed by atoms with Gasteiger partial charge in [0.2, 0.25) is 5.91 Å². The number of H-pyrrole nitrogens is 1. The summed E-state index contributed by atoms with van der Waals surface area (Å²) in [6.07, 6.45) is 2.24. The van der Waals surface area contributed by atoms with E-state index in [2.05, 4.69) is 47.3 Å². The van der Waals surface area contributed by atoms with Gasteiger partial charge < -0.3 is 10.3 Å². The summed E-state index contributed by atoms with van der Waals surface area (Å²) in [5, 5.41) is 6.05. The predicted octanol–water partition coefficient (Wildman–Crippen LogP) is 8.75. The Labute approximate surface area is 309 Å². The molecule has 1 aliphatic rings. The lowest BCUT2D eigenvalue weighted by Crippen LogP contribution is -2.48. The predicted molar refractivity (Wildman–Crippen MR) is 206 cm³/mol. The van der Waals surface area contributed by atoms with Crippen molar-refractivity contribution in [2.24, 2.45) is 11.8 Å². The molecule has 52 heavy (non-hydrogen) atoms. The third-order valence-electron chi connectivity index (χ3n) is 8.58. The molecule has 2 N–H and O–H groups in total. The molecule has 10 heteroatoms. The smallest absolute Gasteiger partial charge is 0.361 e. The van der Waals surface area contributed by atoms with Crippen LogP contribution >= 0.6 is 7.82 Å². The van der Waals surface area contributed by atoms with Crippen molar-refractivity contribution in [2.75, 3.05) is 13.2 Å². The normalized spacial score (nSPS) is 18.5. The average Bonchev–Trinajstić information content (AvgIpc) is 3.64. The van der Waals surface area contributed by atoms with Gasteiger partial charge in [-0.15, -0.1) is 0 Å². The number of phosphoric acid groups is 1. The number of benzene rings is 3. The number of phosphoric ester groups is 1. The summed E-state index contributed by atoms with van der Waals surface area (Å²) in [5.74, 6) is 5.81. The summed E-state index contributed by atoms with van der Waals surface area (Å²) in [5.41, 5.74) is 4.58. The largest absolute Gasteiger partial charge is 0.475 e. The van der Waals surface area contributed by atoms with Crippen LogP contribution in [0.3, 0.4) is 0 Å². The second-order valence-corrected chi connectivity index (χ2v) is 17.4. The fraction of sp³-hybridized carbons (Fsp3) is 0.452. The van der Waals surface area contributed by atoms with Gasteiger partial charge in [0, 0.05) is 40.7 Å². The number of carbonyl (C=O) groups is 1. The molecule has 0 bridgehead atoms. The van der Waals surface area contributed by atoms with Crippen LogP contribution in [0.15, 0.2) is 79.0 Å². The first kappa shape index (κ1) is 39.5. The molecule has 1 fully saturated rings. The van der Waals surface area contributed by atoms with Gasteiger partial charge in [0.05, 0.1) is 30.5 Å². The molecule has 1 unspecified atom stereocenters. The molecule has 1 aliphatic heterocycles. The number of amides is 1. The van der Waals surface area contributed by atoms with E-state index in [1.807, 2.05) is 74.6 Å². The van der Waals surface area contributed by atoms with Gasteiger partial charge >= 0.3 is 7.82 Å². The third-order valence-corrected chi connectivity index (χ3v) is 10.6. The summed E-state index contributed by atoms with van der Waals surface area (Å²) in [7, 11) is -4.05. The number of aromatic nitrogens is 1. The van der Waals surface area contributed by atoms with Crippen molar-refractivity contribution in [2.45, 2.75) is 98.6 Å². The Morgan fingerprint density at radius 3 is 2.12 bits per heavy atom. The van der Waals surface area contributed by atoms with E-state index in [1.165, 1.54) is 5.56 Å². The van der Waals surface area contributed by atoms with Gasteiger partial charge in [0.25, 0.3) is 0 Å². The third kappa shape index (κ3) is 10.9. The minimum absolute atomic E-state index is 0.0194. The minimum atomic E-state index is -4.05. The van der Waals surface area contributed by atoms with Crippen LogP contribution in [0.2, 0.25) is 0 Å². The van der Waals surface area contributed by atoms with E-state index in [9.17, 15) is 9.36 Å². The Morgan fingerprint density at radius 2 is 1.52 bits per heavy atom. The molecule has 9 nitrogen and oxygen atoms in total. The average molecular weight is 728 g/mol. The van der Waals surface area contributed by atoms with Gasteiger partial charge in [0.1, 0.15) is 6.04 Å². The molecule has 1 amide bonds. The van der Waals surface area contributed by atoms with Gasteiger partial charge in [-0.25, -0.2) is 4.57 Å². The summed E-state index contributed by atoms with van der Waals surface area (Å²) in [4.78, 5) is 24.1. The van der Waals surface area contributed by atoms with Gasteiger partial charge in [-0.1, -0.05) is 73.7 Å². The highest BCUT2D eigenvalue weighted by atomic mass is 31.2. The number of para-hydroxylation sites is 1. The molecule has 0 aliphatic carbocycles. The minimum Gasteiger partial charge on any atom is -0.361 e. The van der Waals surface area contributed by atoms with Gasteiger partial charge in [-0.3, -0.25) is 23.2 Å². The number of aryl methyl sites for hydroxylation is 1. The lowest BCUT2D eigenvalue weighted by molar-refractivity contribution is -0.183. The molecule has 0 saturated carbocycles. The number of carbonyl (C=O) groups excluding carboxylic acids is 1. The molecular formula is C42H54N3O6P. The Balaban J connectivity index is 1.38. The van der Waals surface area contributed by atoms with Crippen LogP contribution in [0, 0.1) is 30.6 Å². The monoisotopic (exact) mass is 727 g/mol. The summed E-state index contributed by atoms with van der Waals surface area (Å²) in [6, 6.07) is 23.5. The van der Waals surface area contributed by atoms with Gasteiger partial charge in [0.15, 0.2) is 0 Å². The first-order chi connectivity index (χ1) is 24.5. The van der Waals surface area contributed by atoms with E-state index in [-0.39, 0.29) is 18.4 Å². The number of hydrogen-bond donors (Lipinski definition) is 2. The van der Waals surface area contributed by atoms with Crippen molar-refractivity contribution in [1.29, 1.82) is 0 Å². The highest BCUT2D eigenvalue weighted by Gasteiger charge is 2.50. The quantitative estimate of drug-likeness (QED) is 0.111. The second kappa shape index (κ2) is 16.5. The topological polar surface area (TPSA) is 102 Å². The lowest BCUT2D eigenvalue weighted by atomic mass is 9.88. The Hall–Kier alpha value is -3.74. The number of rotatable bonds is 12. The van der Waals surface area contributed by atoms with Crippen LogP contribution < -0.4 is 5.32 Å². The van der Waals surface area contributed by atoms with E-state index in [4.69, 9.17) is 18.4 Å². The maximum Gasteiger partial charge on any atom is 0.475 e. The fourth-order valence-electron chi connectivity index (χ4n) is 6.29. The highest BCUT2D eigenvalue weighted by molar-refractivity contribution is 7.48. The van der Waals surface area contributed by atoms with E-state index in [0.29, 0.717) is 19.5 Å². The number of hydrogen-bond acceptors (Lipinski definition) is 7. The first-order valence-corrected chi connectivity index (χ1v) is 19.5. The zero-order valence-corrected chi connectivity index (χ0v) is 32.9. The molecule has 3 atom stereocenters. The van der Waals surface area contributed by atoms with Crippen LogP contribution in [0.5, 0.6) is 0 Å². The number of nitrogens with one attached hydrogen (secondary N) is 2. The zero-order valence-electron chi connectivity index (χ0n) is 32.0. The number of fused-ring (bicyclic) bond motifs is 1. The SMILES string of the molecule is Cc1ccc(C#Cc2ccc(CN3OC(C(C)C)[C@@H](COP(=O)(OC(C)(C)C)OC(C)(C)C)[C@H]3C(=O)NCCc3c[nH]c4ccccc34)cc2)cc1. The Kier molecular flexibility index (Phi) is 12.5. The van der Waals surface area contributed by atoms with Crippen molar-refractivity contribution in [1.82, 2.24) is 15.4 Å². The van der Waals surface area contributed by atoms with E-state index >= 15 is 0 Å². The molecule has 5 rings (SSSR count). The van der Waals surface area contributed by atoms with E-state index in [0.717, 1.165) is 33.2 Å². The zero-order chi connectivity index (χ0) is 37.7. The first-order valence-electron chi connectivity index (χ1n) is 18.1. The number of nitrogens with zero attached hydrogens (tertiary/aromatic N) is 1. The summed E-state index contributed by atoms with van der Waals surface area (Å²) in [6.45, 7) is 17.7. The summed E-state index contributed by atoms with van der Waals surface area (Å²) >= 11 is 0. The van der Waals surface area contributed by atoms with Crippen molar-refractivity contribution in [3.8, 4) is 11.8 Å².